The van der Waals surface area contributed by atoms with Crippen molar-refractivity contribution in [1.82, 2.24) is 5.32 Å². The third-order valence-electron chi connectivity index (χ3n) is 2.40. The Balaban J connectivity index is 3.43. The average molecular weight is 261 g/mol. The van der Waals surface area contributed by atoms with Gasteiger partial charge in [0.1, 0.15) is 0 Å². The first kappa shape index (κ1) is 16.3. The normalized spacial score (nSPS) is 12.1. The molecule has 0 aliphatic rings. The van der Waals surface area contributed by atoms with Crippen molar-refractivity contribution >= 4 is 23.6 Å². The number of nitrogens with one attached hydrogen (secondary N) is 1. The maximum absolute atomic E-state index is 11.4. The number of carbonyl (C=O) groups is 2. The number of unbranched alkanes of at least 4 members (excludes halogenated alkanes) is 2. The van der Waals surface area contributed by atoms with Crippen LogP contribution in [0.25, 0.3) is 0 Å². The number of hydrogen-bond donors (Lipinski definition) is 2. The van der Waals surface area contributed by atoms with E-state index in [1.54, 1.807) is 6.92 Å². The highest BCUT2D eigenvalue weighted by molar-refractivity contribution is 7.98. The molecule has 2 N–H and O–H groups in total. The Morgan fingerprint density at radius 1 is 1.24 bits per heavy atom. The first-order chi connectivity index (χ1) is 8.06. The van der Waals surface area contributed by atoms with Crippen LogP contribution in [0.1, 0.15) is 39.0 Å². The van der Waals surface area contributed by atoms with E-state index in [1.807, 2.05) is 11.8 Å². The third kappa shape index (κ3) is 11.6. The van der Waals surface area contributed by atoms with Gasteiger partial charge >= 0.3 is 5.97 Å². The van der Waals surface area contributed by atoms with Gasteiger partial charge in [-0.05, 0) is 30.8 Å². The molecule has 0 radical (unpaired) electrons. The minimum absolute atomic E-state index is 0.0383. The molecule has 0 aromatic heterocycles. The molecule has 17 heavy (non-hydrogen) atoms. The summed E-state index contributed by atoms with van der Waals surface area (Å²) < 4.78 is 0. The molecule has 0 aliphatic heterocycles. The number of aliphatic carboxylic acids is 1. The Hall–Kier alpha value is -0.710. The van der Waals surface area contributed by atoms with Gasteiger partial charge in [0, 0.05) is 19.4 Å². The van der Waals surface area contributed by atoms with Crippen molar-refractivity contribution in [3.63, 3.8) is 0 Å². The lowest BCUT2D eigenvalue weighted by molar-refractivity contribution is -0.138. The van der Waals surface area contributed by atoms with Crippen molar-refractivity contribution in [3.8, 4) is 0 Å². The van der Waals surface area contributed by atoms with Gasteiger partial charge in [-0.15, -0.1) is 0 Å². The van der Waals surface area contributed by atoms with Crippen molar-refractivity contribution in [2.75, 3.05) is 18.6 Å². The minimum atomic E-state index is -0.845. The van der Waals surface area contributed by atoms with Crippen molar-refractivity contribution in [1.29, 1.82) is 0 Å². The maximum atomic E-state index is 11.4. The van der Waals surface area contributed by atoms with E-state index in [0.29, 0.717) is 13.0 Å². The molecule has 0 aliphatic carbocycles. The second kappa shape index (κ2) is 10.4. The molecule has 0 bridgehead atoms. The Kier molecular flexibility index (Phi) is 10.0. The lowest BCUT2D eigenvalue weighted by Crippen LogP contribution is -2.26. The molecule has 0 saturated carbocycles. The van der Waals surface area contributed by atoms with Crippen LogP contribution in [0.3, 0.4) is 0 Å². The molecule has 1 unspecified atom stereocenters. The van der Waals surface area contributed by atoms with E-state index in [2.05, 4.69) is 11.6 Å². The average Bonchev–Trinajstić information content (AvgIpc) is 2.21. The van der Waals surface area contributed by atoms with Gasteiger partial charge in [-0.2, -0.15) is 11.8 Å². The second-order valence-electron chi connectivity index (χ2n) is 4.31. The summed E-state index contributed by atoms with van der Waals surface area (Å²) in [4.78, 5) is 21.8. The molecule has 0 aromatic carbocycles. The van der Waals surface area contributed by atoms with E-state index in [-0.39, 0.29) is 18.2 Å². The summed E-state index contributed by atoms with van der Waals surface area (Å²) in [6, 6.07) is 0. The molecule has 1 amide bonds. The lowest BCUT2D eigenvalue weighted by Gasteiger charge is -2.09. The molecule has 0 saturated heterocycles. The van der Waals surface area contributed by atoms with Crippen LogP contribution in [0.4, 0.5) is 0 Å². The fraction of sp³-hybridized carbons (Fsp3) is 0.833. The zero-order valence-electron chi connectivity index (χ0n) is 10.7. The predicted molar refractivity (Wildman–Crippen MR) is 71.3 cm³/mol. The molecule has 0 heterocycles. The molecule has 0 spiro atoms. The van der Waals surface area contributed by atoms with Gasteiger partial charge in [0.2, 0.25) is 5.91 Å². The second-order valence-corrected chi connectivity index (χ2v) is 5.30. The van der Waals surface area contributed by atoms with E-state index < -0.39 is 5.97 Å². The highest BCUT2D eigenvalue weighted by Crippen LogP contribution is 2.07. The fourth-order valence-corrected chi connectivity index (χ4v) is 2.03. The van der Waals surface area contributed by atoms with Crippen LogP contribution in [-0.2, 0) is 9.59 Å². The van der Waals surface area contributed by atoms with Crippen LogP contribution in [0.5, 0.6) is 0 Å². The summed E-state index contributed by atoms with van der Waals surface area (Å²) in [5.41, 5.74) is 0. The number of carbonyl (C=O) groups excluding carboxylic acids is 1. The molecule has 0 fully saturated rings. The standard InChI is InChI=1S/C12H23NO3S/c1-10(9-12(15)16)8-11(14)13-6-4-3-5-7-17-2/h10H,3-9H2,1-2H3,(H,13,14)(H,15,16). The third-order valence-corrected chi connectivity index (χ3v) is 3.10. The van der Waals surface area contributed by atoms with Gasteiger partial charge < -0.3 is 10.4 Å². The summed E-state index contributed by atoms with van der Waals surface area (Å²) in [5.74, 6) is 0.193. The van der Waals surface area contributed by atoms with Crippen LogP contribution in [-0.4, -0.2) is 35.5 Å². The fourth-order valence-electron chi connectivity index (χ4n) is 1.53. The van der Waals surface area contributed by atoms with Gasteiger partial charge in [-0.3, -0.25) is 9.59 Å². The van der Waals surface area contributed by atoms with Crippen LogP contribution in [0.15, 0.2) is 0 Å². The monoisotopic (exact) mass is 261 g/mol. The topological polar surface area (TPSA) is 66.4 Å². The smallest absolute Gasteiger partial charge is 0.303 e. The van der Waals surface area contributed by atoms with E-state index in [1.165, 1.54) is 12.2 Å². The van der Waals surface area contributed by atoms with Gasteiger partial charge in [0.25, 0.3) is 0 Å². The Labute approximate surface area is 108 Å². The number of carboxylic acid groups (broad SMARTS) is 1. The number of thioether (sulfide) groups is 1. The van der Waals surface area contributed by atoms with Crippen LogP contribution >= 0.6 is 11.8 Å². The maximum Gasteiger partial charge on any atom is 0.303 e. The number of carboxylic acids is 1. The van der Waals surface area contributed by atoms with Gasteiger partial charge in [-0.1, -0.05) is 13.3 Å². The lowest BCUT2D eigenvalue weighted by atomic mass is 10.0. The number of hydrogen-bond acceptors (Lipinski definition) is 3. The zero-order chi connectivity index (χ0) is 13.1. The van der Waals surface area contributed by atoms with Gasteiger partial charge in [-0.25, -0.2) is 0 Å². The Morgan fingerprint density at radius 2 is 1.94 bits per heavy atom. The van der Waals surface area contributed by atoms with Gasteiger partial charge in [0.05, 0.1) is 0 Å². The van der Waals surface area contributed by atoms with Crippen molar-refractivity contribution in [2.45, 2.75) is 39.0 Å². The highest BCUT2D eigenvalue weighted by Gasteiger charge is 2.11. The first-order valence-electron chi connectivity index (χ1n) is 6.03. The summed E-state index contributed by atoms with van der Waals surface area (Å²) in [7, 11) is 0. The highest BCUT2D eigenvalue weighted by atomic mass is 32.2. The number of rotatable bonds is 10. The largest absolute Gasteiger partial charge is 0.481 e. The van der Waals surface area contributed by atoms with Crippen LogP contribution in [0.2, 0.25) is 0 Å². The molecule has 0 aromatic rings. The minimum Gasteiger partial charge on any atom is -0.481 e. The van der Waals surface area contributed by atoms with Gasteiger partial charge in [0.15, 0.2) is 0 Å². The van der Waals surface area contributed by atoms with E-state index >= 15 is 0 Å². The number of amides is 1. The van der Waals surface area contributed by atoms with Crippen molar-refractivity contribution in [2.24, 2.45) is 5.92 Å². The summed E-state index contributed by atoms with van der Waals surface area (Å²) in [6.07, 6.45) is 5.77. The molecular weight excluding hydrogens is 238 g/mol. The van der Waals surface area contributed by atoms with Crippen molar-refractivity contribution < 1.29 is 14.7 Å². The zero-order valence-corrected chi connectivity index (χ0v) is 11.5. The van der Waals surface area contributed by atoms with E-state index in [0.717, 1.165) is 12.8 Å². The van der Waals surface area contributed by atoms with Crippen molar-refractivity contribution in [3.05, 3.63) is 0 Å². The summed E-state index contributed by atoms with van der Waals surface area (Å²) in [5, 5.41) is 11.4. The molecule has 100 valence electrons. The van der Waals surface area contributed by atoms with E-state index in [9.17, 15) is 9.59 Å². The Bertz CT molecular complexity index is 234. The predicted octanol–water partition coefficient (Wildman–Crippen LogP) is 2.14. The SMILES string of the molecule is CSCCCCCNC(=O)CC(C)CC(=O)O. The Morgan fingerprint density at radius 3 is 2.53 bits per heavy atom. The molecular formula is C12H23NO3S. The first-order valence-corrected chi connectivity index (χ1v) is 7.43. The molecule has 4 nitrogen and oxygen atoms in total. The summed E-state index contributed by atoms with van der Waals surface area (Å²) >= 11 is 1.84. The molecule has 0 rings (SSSR count). The van der Waals surface area contributed by atoms with E-state index in [4.69, 9.17) is 5.11 Å². The van der Waals surface area contributed by atoms with Crippen LogP contribution < -0.4 is 5.32 Å². The van der Waals surface area contributed by atoms with Crippen LogP contribution in [0, 0.1) is 5.92 Å². The molecule has 1 atom stereocenters. The molecule has 5 heteroatoms. The summed E-state index contributed by atoms with van der Waals surface area (Å²) in [6.45, 7) is 2.49. The quantitative estimate of drug-likeness (QED) is 0.591.